The molecule has 0 bridgehead atoms. The van der Waals surface area contributed by atoms with Crippen LogP contribution >= 0.6 is 11.8 Å². The summed E-state index contributed by atoms with van der Waals surface area (Å²) < 4.78 is 0. The van der Waals surface area contributed by atoms with Crippen LogP contribution < -0.4 is 5.69 Å². The van der Waals surface area contributed by atoms with Crippen molar-refractivity contribution in [2.45, 2.75) is 13.3 Å². The molecule has 0 fully saturated rings. The van der Waals surface area contributed by atoms with Gasteiger partial charge in [0.1, 0.15) is 0 Å². The number of aromatic amines is 1. The Balaban J connectivity index is 2.41. The van der Waals surface area contributed by atoms with Crippen LogP contribution in [0, 0.1) is 11.8 Å². The van der Waals surface area contributed by atoms with Crippen molar-refractivity contribution >= 4 is 16.9 Å². The first-order valence-electron chi connectivity index (χ1n) is 4.35. The fourth-order valence-electron chi connectivity index (χ4n) is 0.821. The zero-order valence-corrected chi connectivity index (χ0v) is 9.06. The van der Waals surface area contributed by atoms with Gasteiger partial charge in [0.25, 0.3) is 0 Å². The molecule has 1 heterocycles. The Kier molecular flexibility index (Phi) is 4.64. The Morgan fingerprint density at radius 3 is 3.07 bits per heavy atom. The summed E-state index contributed by atoms with van der Waals surface area (Å²) in [7, 11) is 0. The van der Waals surface area contributed by atoms with E-state index in [0.29, 0.717) is 17.7 Å². The molecule has 1 aromatic heterocycles. The molecule has 0 saturated carbocycles. The molecule has 0 atom stereocenters. The van der Waals surface area contributed by atoms with E-state index in [4.69, 9.17) is 0 Å². The van der Waals surface area contributed by atoms with Crippen LogP contribution in [0.4, 0.5) is 0 Å². The van der Waals surface area contributed by atoms with Gasteiger partial charge in [0.15, 0.2) is 5.12 Å². The highest BCUT2D eigenvalue weighted by molar-refractivity contribution is 8.13. The molecule has 4 nitrogen and oxygen atoms in total. The summed E-state index contributed by atoms with van der Waals surface area (Å²) in [6.07, 6.45) is 3.58. The minimum atomic E-state index is -0.382. The fourth-order valence-corrected chi connectivity index (χ4v) is 1.31. The van der Waals surface area contributed by atoms with Gasteiger partial charge in [-0.25, -0.2) is 9.78 Å². The van der Waals surface area contributed by atoms with Crippen molar-refractivity contribution < 1.29 is 4.79 Å². The van der Waals surface area contributed by atoms with Gasteiger partial charge in [0, 0.05) is 31.5 Å². The number of carbonyl (C=O) groups is 1. The van der Waals surface area contributed by atoms with Gasteiger partial charge in [-0.05, 0) is 0 Å². The van der Waals surface area contributed by atoms with Crippen LogP contribution in [0.3, 0.4) is 0 Å². The minimum absolute atomic E-state index is 0.0995. The quantitative estimate of drug-likeness (QED) is 0.593. The topological polar surface area (TPSA) is 62.8 Å². The highest BCUT2D eigenvalue weighted by atomic mass is 32.2. The summed E-state index contributed by atoms with van der Waals surface area (Å²) in [4.78, 5) is 27.2. The first kappa shape index (κ1) is 11.5. The van der Waals surface area contributed by atoms with Crippen molar-refractivity contribution in [1.29, 1.82) is 0 Å². The van der Waals surface area contributed by atoms with E-state index in [2.05, 4.69) is 21.8 Å². The van der Waals surface area contributed by atoms with Crippen molar-refractivity contribution in [3.05, 3.63) is 28.4 Å². The normalized spacial score (nSPS) is 9.13. The zero-order valence-electron chi connectivity index (χ0n) is 8.24. The molecule has 1 rings (SSSR count). The number of rotatable bonds is 2. The van der Waals surface area contributed by atoms with Gasteiger partial charge in [0.2, 0.25) is 0 Å². The molecule has 0 aliphatic carbocycles. The third-order valence-corrected chi connectivity index (χ3v) is 2.25. The van der Waals surface area contributed by atoms with Crippen LogP contribution in [0.1, 0.15) is 18.9 Å². The van der Waals surface area contributed by atoms with Crippen molar-refractivity contribution in [2.75, 3.05) is 5.75 Å². The molecule has 0 aliphatic heterocycles. The molecule has 0 aromatic carbocycles. The van der Waals surface area contributed by atoms with Crippen molar-refractivity contribution in [3.63, 3.8) is 0 Å². The Hall–Kier alpha value is -1.54. The second kappa shape index (κ2) is 6.04. The molecule has 1 aromatic rings. The van der Waals surface area contributed by atoms with Crippen LogP contribution in [-0.4, -0.2) is 20.8 Å². The SMILES string of the molecule is CC(=O)SCCC#Cc1cnc(=O)[nH]c1. The molecule has 0 aliphatic rings. The van der Waals surface area contributed by atoms with Gasteiger partial charge >= 0.3 is 5.69 Å². The summed E-state index contributed by atoms with van der Waals surface area (Å²) in [5, 5.41) is 0.0995. The molecular formula is C10H10N2O2S. The summed E-state index contributed by atoms with van der Waals surface area (Å²) >= 11 is 1.25. The molecule has 0 unspecified atom stereocenters. The third-order valence-electron chi connectivity index (χ3n) is 1.44. The van der Waals surface area contributed by atoms with Gasteiger partial charge < -0.3 is 4.98 Å². The number of nitrogens with one attached hydrogen (secondary N) is 1. The number of H-pyrrole nitrogens is 1. The van der Waals surface area contributed by atoms with Gasteiger partial charge in [-0.3, -0.25) is 4.79 Å². The van der Waals surface area contributed by atoms with E-state index in [1.807, 2.05) is 0 Å². The lowest BCUT2D eigenvalue weighted by molar-refractivity contribution is -0.109. The van der Waals surface area contributed by atoms with E-state index in [-0.39, 0.29) is 10.8 Å². The second-order valence-corrected chi connectivity index (χ2v) is 3.97. The minimum Gasteiger partial charge on any atom is -0.311 e. The molecule has 1 N–H and O–H groups in total. The smallest absolute Gasteiger partial charge is 0.311 e. The average Bonchev–Trinajstić information content (AvgIpc) is 2.20. The van der Waals surface area contributed by atoms with Crippen LogP contribution in [0.2, 0.25) is 0 Å². The highest BCUT2D eigenvalue weighted by Gasteiger charge is 1.91. The van der Waals surface area contributed by atoms with Gasteiger partial charge in [0.05, 0.1) is 5.56 Å². The van der Waals surface area contributed by atoms with Crippen molar-refractivity contribution in [2.24, 2.45) is 0 Å². The second-order valence-electron chi connectivity index (χ2n) is 2.70. The van der Waals surface area contributed by atoms with Crippen LogP contribution in [0.25, 0.3) is 0 Å². The molecular weight excluding hydrogens is 212 g/mol. The van der Waals surface area contributed by atoms with Crippen molar-refractivity contribution in [3.8, 4) is 11.8 Å². The van der Waals surface area contributed by atoms with Crippen LogP contribution in [-0.2, 0) is 4.79 Å². The summed E-state index contributed by atoms with van der Waals surface area (Å²) in [5.74, 6) is 6.42. The van der Waals surface area contributed by atoms with E-state index in [1.54, 1.807) is 0 Å². The maximum atomic E-state index is 10.6. The highest BCUT2D eigenvalue weighted by Crippen LogP contribution is 2.01. The lowest BCUT2D eigenvalue weighted by Crippen LogP contribution is -2.07. The molecule has 0 saturated heterocycles. The van der Waals surface area contributed by atoms with E-state index < -0.39 is 0 Å². The Bertz CT molecular complexity index is 436. The zero-order chi connectivity index (χ0) is 11.1. The predicted octanol–water partition coefficient (Wildman–Crippen LogP) is 0.791. The molecule has 5 heteroatoms. The van der Waals surface area contributed by atoms with Gasteiger partial charge in [-0.2, -0.15) is 0 Å². The maximum absolute atomic E-state index is 10.6. The maximum Gasteiger partial charge on any atom is 0.344 e. The largest absolute Gasteiger partial charge is 0.344 e. The van der Waals surface area contributed by atoms with Gasteiger partial charge in [-0.15, -0.1) is 0 Å². The summed E-state index contributed by atoms with van der Waals surface area (Å²) in [6, 6.07) is 0. The Morgan fingerprint density at radius 2 is 2.47 bits per heavy atom. The van der Waals surface area contributed by atoms with Crippen LogP contribution in [0.5, 0.6) is 0 Å². The van der Waals surface area contributed by atoms with E-state index >= 15 is 0 Å². The molecule has 0 amide bonds. The number of thioether (sulfide) groups is 1. The summed E-state index contributed by atoms with van der Waals surface area (Å²) in [6.45, 7) is 1.53. The fraction of sp³-hybridized carbons (Fsp3) is 0.300. The van der Waals surface area contributed by atoms with Crippen molar-refractivity contribution in [1.82, 2.24) is 9.97 Å². The average molecular weight is 222 g/mol. The monoisotopic (exact) mass is 222 g/mol. The first-order valence-corrected chi connectivity index (χ1v) is 5.34. The Morgan fingerprint density at radius 1 is 1.67 bits per heavy atom. The van der Waals surface area contributed by atoms with E-state index in [1.165, 1.54) is 31.1 Å². The predicted molar refractivity (Wildman–Crippen MR) is 59.5 cm³/mol. The number of hydrogen-bond donors (Lipinski definition) is 1. The number of hydrogen-bond acceptors (Lipinski definition) is 4. The van der Waals surface area contributed by atoms with Crippen LogP contribution in [0.15, 0.2) is 17.2 Å². The Labute approximate surface area is 91.5 Å². The standard InChI is InChI=1S/C10H10N2O2S/c1-8(13)15-5-3-2-4-9-6-11-10(14)12-7-9/h6-7H,3,5H2,1H3,(H,11,12,14). The summed E-state index contributed by atoms with van der Waals surface area (Å²) in [5.41, 5.74) is 0.287. The van der Waals surface area contributed by atoms with E-state index in [9.17, 15) is 9.59 Å². The molecule has 15 heavy (non-hydrogen) atoms. The molecule has 0 radical (unpaired) electrons. The molecule has 78 valence electrons. The number of nitrogens with zero attached hydrogens (tertiary/aromatic N) is 1. The lowest BCUT2D eigenvalue weighted by atomic mass is 10.3. The van der Waals surface area contributed by atoms with E-state index in [0.717, 1.165) is 0 Å². The first-order chi connectivity index (χ1) is 7.18. The molecule has 0 spiro atoms. The van der Waals surface area contributed by atoms with Gasteiger partial charge in [-0.1, -0.05) is 23.6 Å². The lowest BCUT2D eigenvalue weighted by Gasteiger charge is -1.89. The number of aromatic nitrogens is 2. The number of carbonyl (C=O) groups excluding carboxylic acids is 1. The third kappa shape index (κ3) is 5.03.